The quantitative estimate of drug-likeness (QED) is 0.917. The molecule has 3 rings (SSSR count). The third kappa shape index (κ3) is 4.59. The van der Waals surface area contributed by atoms with E-state index in [9.17, 15) is 4.79 Å². The first-order valence-corrected chi connectivity index (χ1v) is 7.17. The molecule has 2 heterocycles. The number of carbonyl (C=O) groups excluding carboxylic acids is 1. The van der Waals surface area contributed by atoms with Crippen LogP contribution in [-0.4, -0.2) is 41.5 Å². The molecule has 0 atom stereocenters. The van der Waals surface area contributed by atoms with Crippen LogP contribution in [0.4, 0.5) is 0 Å². The number of carbonyl (C=O) groups is 1. The lowest BCUT2D eigenvalue weighted by atomic mass is 10.0. The number of hydrogen-bond acceptors (Lipinski definition) is 4. The second-order valence-corrected chi connectivity index (χ2v) is 5.68. The highest BCUT2D eigenvalue weighted by molar-refractivity contribution is 5.92. The zero-order valence-corrected chi connectivity index (χ0v) is 13.8. The largest absolute Gasteiger partial charge is 0.438 e. The van der Waals surface area contributed by atoms with Crippen LogP contribution in [0, 0.1) is 12.8 Å². The number of oxazole rings is 1. The fraction of sp³-hybridized carbons (Fsp3) is 0.714. The van der Waals surface area contributed by atoms with Gasteiger partial charge in [-0.15, -0.1) is 24.8 Å². The predicted molar refractivity (Wildman–Crippen MR) is 85.4 cm³/mol. The Labute approximate surface area is 137 Å². The fourth-order valence-electron chi connectivity index (χ4n) is 2.59. The number of hydrogen-bond donors (Lipinski definition) is 1. The number of amides is 1. The molecule has 2 fully saturated rings. The number of aromatic nitrogens is 1. The van der Waals surface area contributed by atoms with Crippen LogP contribution in [0.2, 0.25) is 0 Å². The summed E-state index contributed by atoms with van der Waals surface area (Å²) in [7, 11) is 0. The van der Waals surface area contributed by atoms with Crippen LogP contribution in [-0.2, 0) is 0 Å². The highest BCUT2D eigenvalue weighted by Gasteiger charge is 2.28. The summed E-state index contributed by atoms with van der Waals surface area (Å²) in [4.78, 5) is 18.1. The van der Waals surface area contributed by atoms with E-state index in [1.807, 2.05) is 4.90 Å². The molecule has 1 aromatic heterocycles. The van der Waals surface area contributed by atoms with Gasteiger partial charge in [0.05, 0.1) is 5.69 Å². The predicted octanol–water partition coefficient (Wildman–Crippen LogP) is 2.43. The van der Waals surface area contributed by atoms with Crippen LogP contribution in [0.1, 0.15) is 41.9 Å². The second kappa shape index (κ2) is 8.01. The molecular weight excluding hydrogens is 313 g/mol. The van der Waals surface area contributed by atoms with E-state index in [-0.39, 0.29) is 30.7 Å². The Kier molecular flexibility index (Phi) is 6.97. The maximum atomic E-state index is 12.2. The number of nitrogens with one attached hydrogen (secondary N) is 1. The van der Waals surface area contributed by atoms with Gasteiger partial charge in [0, 0.05) is 19.1 Å². The Morgan fingerprint density at radius 1 is 1.33 bits per heavy atom. The number of aryl methyl sites for hydroxylation is 1. The van der Waals surface area contributed by atoms with E-state index >= 15 is 0 Å². The van der Waals surface area contributed by atoms with Crippen molar-refractivity contribution in [2.24, 2.45) is 5.92 Å². The highest BCUT2D eigenvalue weighted by Crippen LogP contribution is 2.28. The molecule has 1 N–H and O–H groups in total. The molecule has 120 valence electrons. The minimum Gasteiger partial charge on any atom is -0.438 e. The van der Waals surface area contributed by atoms with Crippen molar-refractivity contribution >= 4 is 30.7 Å². The zero-order valence-electron chi connectivity index (χ0n) is 12.2. The standard InChI is InChI=1S/C14H21N3O2.2ClH/c1-10-13(19-9-16-10)14(18)17-6-4-12(5-7-17)15-8-11-2-3-11;;/h9,11-12,15H,2-8H2,1H3;2*1H. The van der Waals surface area contributed by atoms with Gasteiger partial charge in [0.2, 0.25) is 5.76 Å². The summed E-state index contributed by atoms with van der Waals surface area (Å²) in [6, 6.07) is 0.570. The summed E-state index contributed by atoms with van der Waals surface area (Å²) in [5, 5.41) is 3.62. The van der Waals surface area contributed by atoms with Gasteiger partial charge in [-0.05, 0) is 45.1 Å². The molecule has 0 aromatic carbocycles. The molecule has 1 aliphatic heterocycles. The van der Waals surface area contributed by atoms with Crippen molar-refractivity contribution in [1.29, 1.82) is 0 Å². The van der Waals surface area contributed by atoms with Crippen LogP contribution in [0.3, 0.4) is 0 Å². The zero-order chi connectivity index (χ0) is 13.2. The van der Waals surface area contributed by atoms with Gasteiger partial charge in [-0.2, -0.15) is 0 Å². The maximum absolute atomic E-state index is 12.2. The summed E-state index contributed by atoms with van der Waals surface area (Å²) in [6.07, 6.45) is 6.17. The summed E-state index contributed by atoms with van der Waals surface area (Å²) in [5.41, 5.74) is 0.680. The molecule has 1 saturated carbocycles. The number of likely N-dealkylation sites (tertiary alicyclic amines) is 1. The van der Waals surface area contributed by atoms with Crippen LogP contribution in [0.15, 0.2) is 10.8 Å². The minimum absolute atomic E-state index is 0. The van der Waals surface area contributed by atoms with E-state index in [1.165, 1.54) is 19.2 Å². The van der Waals surface area contributed by atoms with E-state index in [2.05, 4.69) is 10.3 Å². The lowest BCUT2D eigenvalue weighted by Gasteiger charge is -2.32. The summed E-state index contributed by atoms with van der Waals surface area (Å²) in [6.45, 7) is 4.57. The molecule has 21 heavy (non-hydrogen) atoms. The monoisotopic (exact) mass is 335 g/mol. The number of nitrogens with zero attached hydrogens (tertiary/aromatic N) is 2. The first-order valence-electron chi connectivity index (χ1n) is 7.17. The topological polar surface area (TPSA) is 58.4 Å². The van der Waals surface area contributed by atoms with E-state index in [1.54, 1.807) is 6.92 Å². The van der Waals surface area contributed by atoms with Crippen molar-refractivity contribution in [3.05, 3.63) is 17.8 Å². The van der Waals surface area contributed by atoms with Gasteiger partial charge >= 0.3 is 0 Å². The first-order chi connectivity index (χ1) is 9.24. The van der Waals surface area contributed by atoms with Crippen molar-refractivity contribution in [2.75, 3.05) is 19.6 Å². The SMILES string of the molecule is Cc1ncoc1C(=O)N1CCC(NCC2CC2)CC1.Cl.Cl. The van der Waals surface area contributed by atoms with Gasteiger partial charge in [-0.25, -0.2) is 4.98 Å². The molecule has 1 aliphatic carbocycles. The lowest BCUT2D eigenvalue weighted by Crippen LogP contribution is -2.45. The van der Waals surface area contributed by atoms with E-state index in [0.29, 0.717) is 17.5 Å². The molecule has 0 radical (unpaired) electrons. The third-order valence-corrected chi connectivity index (χ3v) is 4.11. The lowest BCUT2D eigenvalue weighted by molar-refractivity contribution is 0.0672. The second-order valence-electron chi connectivity index (χ2n) is 5.68. The first kappa shape index (κ1) is 18.3. The summed E-state index contributed by atoms with van der Waals surface area (Å²) in [5.74, 6) is 1.29. The molecule has 1 saturated heterocycles. The Hall–Kier alpha value is -0.780. The number of rotatable bonds is 4. The van der Waals surface area contributed by atoms with Crippen molar-refractivity contribution in [1.82, 2.24) is 15.2 Å². The van der Waals surface area contributed by atoms with Crippen LogP contribution < -0.4 is 5.32 Å². The van der Waals surface area contributed by atoms with Gasteiger partial charge in [-0.1, -0.05) is 0 Å². The van der Waals surface area contributed by atoms with E-state index in [4.69, 9.17) is 4.42 Å². The Morgan fingerprint density at radius 2 is 2.00 bits per heavy atom. The average molecular weight is 336 g/mol. The molecule has 2 aliphatic rings. The van der Waals surface area contributed by atoms with Gasteiger partial charge in [0.25, 0.3) is 5.91 Å². The molecule has 1 amide bonds. The van der Waals surface area contributed by atoms with Gasteiger partial charge < -0.3 is 14.6 Å². The van der Waals surface area contributed by atoms with Gasteiger partial charge in [0.1, 0.15) is 0 Å². The molecular formula is C14H23Cl2N3O2. The van der Waals surface area contributed by atoms with Crippen molar-refractivity contribution in [2.45, 2.75) is 38.6 Å². The summed E-state index contributed by atoms with van der Waals surface area (Å²) < 4.78 is 5.18. The van der Waals surface area contributed by atoms with Crippen molar-refractivity contribution < 1.29 is 9.21 Å². The summed E-state index contributed by atoms with van der Waals surface area (Å²) >= 11 is 0. The van der Waals surface area contributed by atoms with Crippen LogP contribution in [0.5, 0.6) is 0 Å². The van der Waals surface area contributed by atoms with Gasteiger partial charge in [-0.3, -0.25) is 4.79 Å². The minimum atomic E-state index is -0.0179. The fourth-order valence-corrected chi connectivity index (χ4v) is 2.59. The number of halogens is 2. The van der Waals surface area contributed by atoms with E-state index in [0.717, 1.165) is 38.4 Å². The molecule has 0 spiro atoms. The highest BCUT2D eigenvalue weighted by atomic mass is 35.5. The Morgan fingerprint density at radius 3 is 2.52 bits per heavy atom. The van der Waals surface area contributed by atoms with Crippen LogP contribution >= 0.6 is 24.8 Å². The third-order valence-electron chi connectivity index (χ3n) is 4.11. The average Bonchev–Trinajstić information content (AvgIpc) is 3.17. The molecule has 1 aromatic rings. The maximum Gasteiger partial charge on any atom is 0.291 e. The van der Waals surface area contributed by atoms with Crippen molar-refractivity contribution in [3.63, 3.8) is 0 Å². The van der Waals surface area contributed by atoms with Crippen LogP contribution in [0.25, 0.3) is 0 Å². The normalized spacial score (nSPS) is 18.8. The molecule has 0 bridgehead atoms. The molecule has 0 unspecified atom stereocenters. The van der Waals surface area contributed by atoms with E-state index < -0.39 is 0 Å². The molecule has 7 heteroatoms. The number of piperidine rings is 1. The Bertz CT molecular complexity index is 455. The Balaban J connectivity index is 0.00000110. The van der Waals surface area contributed by atoms with Gasteiger partial charge in [0.15, 0.2) is 6.39 Å². The van der Waals surface area contributed by atoms with Crippen molar-refractivity contribution in [3.8, 4) is 0 Å². The smallest absolute Gasteiger partial charge is 0.291 e. The molecule has 5 nitrogen and oxygen atoms in total.